The van der Waals surface area contributed by atoms with Crippen molar-refractivity contribution in [1.82, 2.24) is 0 Å². The average molecular weight is 471 g/mol. The van der Waals surface area contributed by atoms with Crippen LogP contribution in [0.5, 0.6) is 0 Å². The number of rotatable bonds is 25. The van der Waals surface area contributed by atoms with Crippen LogP contribution in [0, 0.1) is 5.92 Å². The van der Waals surface area contributed by atoms with Gasteiger partial charge in [-0.25, -0.2) is 0 Å². The lowest BCUT2D eigenvalue weighted by molar-refractivity contribution is -0.137. The Morgan fingerprint density at radius 3 is 1.15 bits per heavy atom. The van der Waals surface area contributed by atoms with Crippen molar-refractivity contribution in [2.24, 2.45) is 5.92 Å². The lowest BCUT2D eigenvalue weighted by Crippen LogP contribution is -2.06. The molecule has 0 aliphatic heterocycles. The first-order chi connectivity index (χ1) is 16.1. The Balaban J connectivity index is 0. The van der Waals surface area contributed by atoms with Crippen LogP contribution in [-0.2, 0) is 4.79 Å². The molecular formula is C30H62O3. The summed E-state index contributed by atoms with van der Waals surface area (Å²) in [6.45, 7) is 7.16. The Morgan fingerprint density at radius 1 is 0.515 bits per heavy atom. The van der Waals surface area contributed by atoms with Gasteiger partial charge in [0, 0.05) is 13.0 Å². The van der Waals surface area contributed by atoms with Crippen LogP contribution < -0.4 is 0 Å². The molecule has 2 N–H and O–H groups in total. The number of hydrogen-bond acceptors (Lipinski definition) is 2. The van der Waals surface area contributed by atoms with Crippen LogP contribution in [0.2, 0.25) is 0 Å². The fourth-order valence-corrected chi connectivity index (χ4v) is 4.34. The third-order valence-electron chi connectivity index (χ3n) is 6.68. The Labute approximate surface area is 208 Å². The van der Waals surface area contributed by atoms with Gasteiger partial charge in [0.25, 0.3) is 0 Å². The third-order valence-corrected chi connectivity index (χ3v) is 6.68. The Morgan fingerprint density at radius 2 is 0.818 bits per heavy atom. The van der Waals surface area contributed by atoms with E-state index in [4.69, 9.17) is 5.11 Å². The molecule has 0 fully saturated rings. The molecule has 0 bridgehead atoms. The lowest BCUT2D eigenvalue weighted by Gasteiger charge is -2.13. The maximum atomic E-state index is 10.3. The predicted octanol–water partition coefficient (Wildman–Crippen LogP) is 10.1. The summed E-state index contributed by atoms with van der Waals surface area (Å²) in [7, 11) is 0. The number of aliphatic hydroxyl groups is 1. The van der Waals surface area contributed by atoms with Gasteiger partial charge in [0.15, 0.2) is 0 Å². The smallest absolute Gasteiger partial charge is 0.303 e. The molecule has 0 aromatic heterocycles. The average Bonchev–Trinajstić information content (AvgIpc) is 2.81. The second-order valence-corrected chi connectivity index (χ2v) is 10.1. The molecule has 0 aromatic rings. The van der Waals surface area contributed by atoms with Gasteiger partial charge in [-0.2, -0.15) is 0 Å². The number of hydrogen-bond donors (Lipinski definition) is 2. The fraction of sp³-hybridized carbons (Fsp3) is 0.967. The molecule has 0 radical (unpaired) electrons. The molecule has 200 valence electrons. The molecule has 0 saturated carbocycles. The van der Waals surface area contributed by atoms with E-state index >= 15 is 0 Å². The predicted molar refractivity (Wildman–Crippen MR) is 146 cm³/mol. The van der Waals surface area contributed by atoms with Gasteiger partial charge in [0.1, 0.15) is 0 Å². The monoisotopic (exact) mass is 470 g/mol. The van der Waals surface area contributed by atoms with Crippen molar-refractivity contribution < 1.29 is 15.0 Å². The highest BCUT2D eigenvalue weighted by molar-refractivity contribution is 5.66. The first-order valence-electron chi connectivity index (χ1n) is 14.9. The molecular weight excluding hydrogens is 408 g/mol. The van der Waals surface area contributed by atoms with E-state index in [-0.39, 0.29) is 0 Å². The van der Waals surface area contributed by atoms with Crippen molar-refractivity contribution in [3.63, 3.8) is 0 Å². The summed E-state index contributed by atoms with van der Waals surface area (Å²) in [5.74, 6) is -0.0750. The van der Waals surface area contributed by atoms with E-state index in [2.05, 4.69) is 20.8 Å². The summed E-state index contributed by atoms with van der Waals surface area (Å²) in [5.41, 5.74) is 0. The van der Waals surface area contributed by atoms with E-state index in [9.17, 15) is 9.90 Å². The van der Waals surface area contributed by atoms with E-state index in [1.54, 1.807) is 0 Å². The molecule has 0 aromatic carbocycles. The van der Waals surface area contributed by atoms with Crippen molar-refractivity contribution in [3.8, 4) is 0 Å². The SMILES string of the molecule is CCCCCCCCC(CO)CCCCCC.CCCCCCCCCCCCCC(=O)O. The zero-order chi connectivity index (χ0) is 24.8. The molecule has 3 nitrogen and oxygen atoms in total. The van der Waals surface area contributed by atoms with Crippen molar-refractivity contribution in [2.45, 2.75) is 175 Å². The molecule has 1 atom stereocenters. The van der Waals surface area contributed by atoms with Gasteiger partial charge in [-0.3, -0.25) is 4.79 Å². The summed E-state index contributed by atoms with van der Waals surface area (Å²) < 4.78 is 0. The summed E-state index contributed by atoms with van der Waals surface area (Å²) in [6.07, 6.45) is 30.4. The second kappa shape index (κ2) is 31.4. The van der Waals surface area contributed by atoms with Crippen LogP contribution >= 0.6 is 0 Å². The molecule has 0 aliphatic rings. The van der Waals surface area contributed by atoms with Crippen molar-refractivity contribution in [1.29, 1.82) is 0 Å². The summed E-state index contributed by atoms with van der Waals surface area (Å²) in [4.78, 5) is 10.3. The lowest BCUT2D eigenvalue weighted by atomic mass is 9.95. The largest absolute Gasteiger partial charge is 0.481 e. The van der Waals surface area contributed by atoms with E-state index in [0.717, 1.165) is 12.8 Å². The zero-order valence-electron chi connectivity index (χ0n) is 23.1. The highest BCUT2D eigenvalue weighted by atomic mass is 16.4. The maximum absolute atomic E-state index is 10.3. The van der Waals surface area contributed by atoms with E-state index < -0.39 is 5.97 Å². The van der Waals surface area contributed by atoms with Crippen LogP contribution in [0.1, 0.15) is 175 Å². The van der Waals surface area contributed by atoms with E-state index in [1.165, 1.54) is 135 Å². The van der Waals surface area contributed by atoms with Crippen molar-refractivity contribution in [3.05, 3.63) is 0 Å². The molecule has 0 rings (SSSR count). The van der Waals surface area contributed by atoms with Crippen LogP contribution in [0.3, 0.4) is 0 Å². The molecule has 0 amide bonds. The van der Waals surface area contributed by atoms with Gasteiger partial charge in [-0.1, -0.05) is 149 Å². The number of carboxylic acid groups (broad SMARTS) is 1. The second-order valence-electron chi connectivity index (χ2n) is 10.1. The third kappa shape index (κ3) is 33.7. The zero-order valence-corrected chi connectivity index (χ0v) is 23.1. The normalized spacial score (nSPS) is 11.8. The summed E-state index contributed by atoms with van der Waals surface area (Å²) in [5, 5.41) is 17.8. The van der Waals surface area contributed by atoms with Crippen LogP contribution in [0.15, 0.2) is 0 Å². The Bertz CT molecular complexity index is 356. The molecule has 3 heteroatoms. The number of unbranched alkanes of at least 4 members (excludes halogenated alkanes) is 18. The van der Waals surface area contributed by atoms with Crippen molar-refractivity contribution in [2.75, 3.05) is 6.61 Å². The highest BCUT2D eigenvalue weighted by Crippen LogP contribution is 2.18. The van der Waals surface area contributed by atoms with Gasteiger partial charge in [-0.05, 0) is 25.2 Å². The highest BCUT2D eigenvalue weighted by Gasteiger charge is 2.06. The topological polar surface area (TPSA) is 57.5 Å². The van der Waals surface area contributed by atoms with Gasteiger partial charge < -0.3 is 10.2 Å². The van der Waals surface area contributed by atoms with Crippen LogP contribution in [-0.4, -0.2) is 22.8 Å². The first-order valence-corrected chi connectivity index (χ1v) is 14.9. The summed E-state index contributed by atoms with van der Waals surface area (Å²) >= 11 is 0. The minimum absolute atomic E-state index is 0.344. The van der Waals surface area contributed by atoms with Crippen molar-refractivity contribution >= 4 is 5.97 Å². The molecule has 0 heterocycles. The van der Waals surface area contributed by atoms with Gasteiger partial charge in [0.05, 0.1) is 0 Å². The minimum atomic E-state index is -0.657. The molecule has 0 saturated heterocycles. The molecule has 1 unspecified atom stereocenters. The van der Waals surface area contributed by atoms with Gasteiger partial charge >= 0.3 is 5.97 Å². The Kier molecular flexibility index (Phi) is 33.0. The molecule has 33 heavy (non-hydrogen) atoms. The van der Waals surface area contributed by atoms with E-state index in [0.29, 0.717) is 18.9 Å². The number of carbonyl (C=O) groups is 1. The van der Waals surface area contributed by atoms with Gasteiger partial charge in [0.2, 0.25) is 0 Å². The fourth-order valence-electron chi connectivity index (χ4n) is 4.34. The number of aliphatic carboxylic acids is 1. The van der Waals surface area contributed by atoms with Gasteiger partial charge in [-0.15, -0.1) is 0 Å². The quantitative estimate of drug-likeness (QED) is 0.130. The van der Waals surface area contributed by atoms with E-state index in [1.807, 2.05) is 0 Å². The maximum Gasteiger partial charge on any atom is 0.303 e. The molecule has 0 aliphatic carbocycles. The summed E-state index contributed by atoms with van der Waals surface area (Å²) in [6, 6.07) is 0. The van der Waals surface area contributed by atoms with Crippen LogP contribution in [0.4, 0.5) is 0 Å². The first kappa shape index (κ1) is 34.6. The Hall–Kier alpha value is -0.570. The van der Waals surface area contributed by atoms with Crippen LogP contribution in [0.25, 0.3) is 0 Å². The number of aliphatic hydroxyl groups excluding tert-OH is 1. The standard InChI is InChI=1S/C16H34O.C14H28O2/c1-3-5-7-9-10-12-14-16(15-17)13-11-8-6-4-2;1-2-3-4-5-6-7-8-9-10-11-12-13-14(15)16/h16-17H,3-15H2,1-2H3;2-13H2,1H3,(H,15,16). The number of carboxylic acids is 1. The minimum Gasteiger partial charge on any atom is -0.481 e. The molecule has 0 spiro atoms.